The van der Waals surface area contributed by atoms with Gasteiger partial charge in [-0.1, -0.05) is 6.58 Å². The van der Waals surface area contributed by atoms with Gasteiger partial charge in [-0.2, -0.15) is 0 Å². The molecular weight excluding hydrogens is 237 g/mol. The fourth-order valence-corrected chi connectivity index (χ4v) is 1.04. The van der Waals surface area contributed by atoms with Gasteiger partial charge in [0.1, 0.15) is 5.83 Å². The third-order valence-electron chi connectivity index (χ3n) is 1.98. The number of imide groups is 1. The zero-order valence-electron chi connectivity index (χ0n) is 10.7. The lowest BCUT2D eigenvalue weighted by Crippen LogP contribution is -2.41. The van der Waals surface area contributed by atoms with Crippen LogP contribution < -0.4 is 11.1 Å². The summed E-state index contributed by atoms with van der Waals surface area (Å²) < 4.78 is 12.8. The van der Waals surface area contributed by atoms with Gasteiger partial charge >= 0.3 is 6.03 Å². The number of allylic oxidation sites excluding steroid dienone is 3. The van der Waals surface area contributed by atoms with Gasteiger partial charge in [-0.3, -0.25) is 4.79 Å². The second-order valence-corrected chi connectivity index (χ2v) is 3.90. The Morgan fingerprint density at radius 3 is 2.39 bits per heavy atom. The molecule has 0 bridgehead atoms. The van der Waals surface area contributed by atoms with Crippen molar-refractivity contribution in [2.75, 3.05) is 0 Å². The summed E-state index contributed by atoms with van der Waals surface area (Å²) in [4.78, 5) is 23.3. The molecular formula is C12H18FN3O2. The molecule has 0 aliphatic carbocycles. The van der Waals surface area contributed by atoms with E-state index in [0.29, 0.717) is 6.41 Å². The molecule has 0 fully saturated rings. The maximum atomic E-state index is 12.8. The molecule has 0 spiro atoms. The van der Waals surface area contributed by atoms with Gasteiger partial charge in [0, 0.05) is 12.2 Å². The van der Waals surface area contributed by atoms with Gasteiger partial charge in [-0.05, 0) is 32.4 Å². The zero-order chi connectivity index (χ0) is 14.3. The molecule has 0 aliphatic heterocycles. The quantitative estimate of drug-likeness (QED) is 0.581. The van der Waals surface area contributed by atoms with E-state index in [1.807, 2.05) is 0 Å². The van der Waals surface area contributed by atoms with Crippen LogP contribution in [0, 0.1) is 0 Å². The Labute approximate surface area is 106 Å². The average molecular weight is 255 g/mol. The Bertz CT molecular complexity index is 400. The van der Waals surface area contributed by atoms with Crippen LogP contribution in [-0.2, 0) is 4.79 Å². The second-order valence-electron chi connectivity index (χ2n) is 3.90. The number of amides is 3. The number of urea groups is 1. The number of halogens is 1. The SMILES string of the molecule is C=C(F)/C(C)=C\C(=C/N)N(C=O)C(=O)NC(C)C. The molecule has 0 unspecified atom stereocenters. The van der Waals surface area contributed by atoms with E-state index in [2.05, 4.69) is 11.9 Å². The third kappa shape index (κ3) is 4.82. The first-order chi connectivity index (χ1) is 8.33. The number of carbonyl (C=O) groups excluding carboxylic acids is 2. The van der Waals surface area contributed by atoms with E-state index in [1.165, 1.54) is 13.0 Å². The van der Waals surface area contributed by atoms with Gasteiger partial charge in [0.15, 0.2) is 0 Å². The van der Waals surface area contributed by atoms with Crippen molar-refractivity contribution in [3.63, 3.8) is 0 Å². The Morgan fingerprint density at radius 2 is 2.06 bits per heavy atom. The predicted molar refractivity (Wildman–Crippen MR) is 67.8 cm³/mol. The van der Waals surface area contributed by atoms with E-state index in [9.17, 15) is 14.0 Å². The Balaban J connectivity index is 5.14. The Hall–Kier alpha value is -2.11. The zero-order valence-corrected chi connectivity index (χ0v) is 10.7. The number of rotatable bonds is 5. The smallest absolute Gasteiger partial charge is 0.328 e. The molecule has 0 atom stereocenters. The molecule has 100 valence electrons. The molecule has 3 N–H and O–H groups in total. The lowest BCUT2D eigenvalue weighted by Gasteiger charge is -2.19. The van der Waals surface area contributed by atoms with Crippen LogP contribution >= 0.6 is 0 Å². The summed E-state index contributed by atoms with van der Waals surface area (Å²) in [5.41, 5.74) is 5.57. The first-order valence-electron chi connectivity index (χ1n) is 5.33. The molecule has 0 aromatic rings. The van der Waals surface area contributed by atoms with E-state index >= 15 is 0 Å². The number of nitrogens with zero attached hydrogens (tertiary/aromatic N) is 1. The van der Waals surface area contributed by atoms with Crippen molar-refractivity contribution in [2.24, 2.45) is 5.73 Å². The standard InChI is InChI=1S/C12H18FN3O2/c1-8(2)15-12(18)16(7-17)11(6-14)5-9(3)10(4)13/h5-8H,4,14H2,1-3H3,(H,15,18)/b9-5-,11-6+. The van der Waals surface area contributed by atoms with Crippen LogP contribution in [0.3, 0.4) is 0 Å². The molecule has 0 aliphatic rings. The minimum atomic E-state index is -0.663. The van der Waals surface area contributed by atoms with E-state index in [1.54, 1.807) is 13.8 Å². The van der Waals surface area contributed by atoms with E-state index < -0.39 is 11.9 Å². The summed E-state index contributed by atoms with van der Waals surface area (Å²) in [5.74, 6) is -0.663. The highest BCUT2D eigenvalue weighted by Crippen LogP contribution is 2.13. The van der Waals surface area contributed by atoms with Gasteiger partial charge in [0.05, 0.1) is 5.70 Å². The molecule has 6 heteroatoms. The molecule has 0 aromatic heterocycles. The van der Waals surface area contributed by atoms with Crippen molar-refractivity contribution in [3.05, 3.63) is 36.0 Å². The van der Waals surface area contributed by atoms with Gasteiger partial charge in [0.25, 0.3) is 0 Å². The normalized spacial score (nSPS) is 12.3. The maximum Gasteiger partial charge on any atom is 0.328 e. The van der Waals surface area contributed by atoms with Gasteiger partial charge in [0.2, 0.25) is 6.41 Å². The van der Waals surface area contributed by atoms with Crippen molar-refractivity contribution in [3.8, 4) is 0 Å². The summed E-state index contributed by atoms with van der Waals surface area (Å²) in [6, 6.07) is -0.773. The van der Waals surface area contributed by atoms with Crippen molar-refractivity contribution in [1.29, 1.82) is 0 Å². The second kappa shape index (κ2) is 7.26. The molecule has 0 rings (SSSR count). The fraction of sp³-hybridized carbons (Fsp3) is 0.333. The van der Waals surface area contributed by atoms with Crippen molar-refractivity contribution >= 4 is 12.4 Å². The summed E-state index contributed by atoms with van der Waals surface area (Å²) in [5, 5.41) is 2.52. The van der Waals surface area contributed by atoms with E-state index in [-0.39, 0.29) is 17.3 Å². The topological polar surface area (TPSA) is 75.4 Å². The number of hydrogen-bond donors (Lipinski definition) is 2. The number of hydrogen-bond acceptors (Lipinski definition) is 3. The first kappa shape index (κ1) is 15.9. The lowest BCUT2D eigenvalue weighted by molar-refractivity contribution is -0.114. The minimum Gasteiger partial charge on any atom is -0.403 e. The van der Waals surface area contributed by atoms with Gasteiger partial charge < -0.3 is 11.1 Å². The minimum absolute atomic E-state index is 0.0689. The maximum absolute atomic E-state index is 12.8. The van der Waals surface area contributed by atoms with Crippen LogP contribution in [0.2, 0.25) is 0 Å². The summed E-state index contributed by atoms with van der Waals surface area (Å²) in [7, 11) is 0. The molecule has 5 nitrogen and oxygen atoms in total. The first-order valence-corrected chi connectivity index (χ1v) is 5.33. The van der Waals surface area contributed by atoms with E-state index in [4.69, 9.17) is 5.73 Å². The van der Waals surface area contributed by atoms with Crippen LogP contribution in [0.15, 0.2) is 36.0 Å². The molecule has 0 aromatic carbocycles. The average Bonchev–Trinajstić information content (AvgIpc) is 2.27. The molecule has 0 saturated heterocycles. The fourth-order valence-electron chi connectivity index (χ4n) is 1.04. The van der Waals surface area contributed by atoms with Crippen molar-refractivity contribution in [1.82, 2.24) is 10.2 Å². The highest BCUT2D eigenvalue weighted by molar-refractivity contribution is 5.87. The predicted octanol–water partition coefficient (Wildman–Crippen LogP) is 1.79. The third-order valence-corrected chi connectivity index (χ3v) is 1.98. The summed E-state index contributed by atoms with van der Waals surface area (Å²) in [6.07, 6.45) is 2.61. The highest BCUT2D eigenvalue weighted by atomic mass is 19.1. The molecule has 3 amide bonds. The highest BCUT2D eigenvalue weighted by Gasteiger charge is 2.16. The van der Waals surface area contributed by atoms with Crippen molar-refractivity contribution in [2.45, 2.75) is 26.8 Å². The van der Waals surface area contributed by atoms with Gasteiger partial charge in [-0.15, -0.1) is 0 Å². The van der Waals surface area contributed by atoms with Crippen molar-refractivity contribution < 1.29 is 14.0 Å². The number of nitrogens with one attached hydrogen (secondary N) is 1. The molecule has 0 heterocycles. The number of carbonyl (C=O) groups is 2. The van der Waals surface area contributed by atoms with Crippen LogP contribution in [-0.4, -0.2) is 23.4 Å². The molecule has 0 radical (unpaired) electrons. The van der Waals surface area contributed by atoms with E-state index in [0.717, 1.165) is 11.1 Å². The van der Waals surface area contributed by atoms with Gasteiger partial charge in [-0.25, -0.2) is 14.1 Å². The summed E-state index contributed by atoms with van der Waals surface area (Å²) >= 11 is 0. The Morgan fingerprint density at radius 1 is 1.50 bits per heavy atom. The Kier molecular flexibility index (Phi) is 6.41. The molecule has 0 saturated carbocycles. The van der Waals surface area contributed by atoms with Crippen LogP contribution in [0.5, 0.6) is 0 Å². The van der Waals surface area contributed by atoms with Crippen LogP contribution in [0.1, 0.15) is 20.8 Å². The number of nitrogens with two attached hydrogens (primary N) is 1. The van der Waals surface area contributed by atoms with Crippen LogP contribution in [0.25, 0.3) is 0 Å². The summed E-state index contributed by atoms with van der Waals surface area (Å²) in [6.45, 7) is 8.06. The largest absolute Gasteiger partial charge is 0.403 e. The molecule has 18 heavy (non-hydrogen) atoms. The lowest BCUT2D eigenvalue weighted by atomic mass is 10.2. The monoisotopic (exact) mass is 255 g/mol. The van der Waals surface area contributed by atoms with Crippen LogP contribution in [0.4, 0.5) is 9.18 Å².